The normalized spacial score (nSPS) is 11.0. The number of aryl methyl sites for hydroxylation is 1. The fraction of sp³-hybridized carbons (Fsp3) is 0.714. The van der Waals surface area contributed by atoms with Crippen molar-refractivity contribution in [2.24, 2.45) is 0 Å². The van der Waals surface area contributed by atoms with Crippen LogP contribution in [-0.4, -0.2) is 11.7 Å². The summed E-state index contributed by atoms with van der Waals surface area (Å²) in [5, 5.41) is 8.70. The highest BCUT2D eigenvalue weighted by Crippen LogP contribution is 2.13. The molecule has 0 heterocycles. The first kappa shape index (κ1) is 19.2. The van der Waals surface area contributed by atoms with Crippen LogP contribution in [-0.2, 0) is 6.42 Å². The molecule has 0 aliphatic heterocycles. The molecule has 0 aromatic heterocycles. The van der Waals surface area contributed by atoms with Crippen molar-refractivity contribution in [2.75, 3.05) is 6.61 Å². The van der Waals surface area contributed by atoms with Crippen LogP contribution >= 0.6 is 0 Å². The van der Waals surface area contributed by atoms with Crippen molar-refractivity contribution < 1.29 is 5.11 Å². The molecule has 0 spiro atoms. The van der Waals surface area contributed by atoms with Gasteiger partial charge in [0.2, 0.25) is 0 Å². The Morgan fingerprint density at radius 3 is 1.36 bits per heavy atom. The molecule has 0 saturated carbocycles. The van der Waals surface area contributed by atoms with Crippen LogP contribution < -0.4 is 0 Å². The van der Waals surface area contributed by atoms with Gasteiger partial charge >= 0.3 is 0 Å². The molecule has 0 fully saturated rings. The number of aliphatic hydroxyl groups excluding tert-OH is 1. The van der Waals surface area contributed by atoms with E-state index < -0.39 is 0 Å². The van der Waals surface area contributed by atoms with Gasteiger partial charge in [-0.15, -0.1) is 0 Å². The molecule has 0 bridgehead atoms. The molecule has 0 atom stereocenters. The zero-order valence-corrected chi connectivity index (χ0v) is 14.4. The molecule has 1 heteroatoms. The molecule has 126 valence electrons. The largest absolute Gasteiger partial charge is 0.396 e. The molecule has 0 aliphatic carbocycles. The van der Waals surface area contributed by atoms with Crippen LogP contribution in [0.25, 0.3) is 0 Å². The minimum atomic E-state index is 0.366. The highest BCUT2D eigenvalue weighted by molar-refractivity contribution is 5.14. The van der Waals surface area contributed by atoms with Crippen molar-refractivity contribution in [3.63, 3.8) is 0 Å². The molecule has 1 N–H and O–H groups in total. The minimum Gasteiger partial charge on any atom is -0.396 e. The molecule has 1 rings (SSSR count). The standard InChI is InChI=1S/C21H36O/c22-20-16-11-9-7-5-3-1-2-4-6-8-10-13-17-21-18-14-12-15-19-21/h12,14-15,18-19,22H,1-11,13,16-17,20H2. The Balaban J connectivity index is 1.73. The van der Waals surface area contributed by atoms with Gasteiger partial charge in [0.15, 0.2) is 0 Å². The van der Waals surface area contributed by atoms with Gasteiger partial charge in [-0.05, 0) is 24.8 Å². The van der Waals surface area contributed by atoms with Gasteiger partial charge in [-0.2, -0.15) is 0 Å². The van der Waals surface area contributed by atoms with Gasteiger partial charge in [-0.1, -0.05) is 101 Å². The highest BCUT2D eigenvalue weighted by atomic mass is 16.2. The second kappa shape index (κ2) is 15.1. The Hall–Kier alpha value is -0.820. The van der Waals surface area contributed by atoms with Crippen LogP contribution in [0, 0.1) is 0 Å². The Morgan fingerprint density at radius 1 is 0.500 bits per heavy atom. The minimum absolute atomic E-state index is 0.366. The number of hydrogen-bond donors (Lipinski definition) is 1. The number of unbranched alkanes of at least 4 members (excludes halogenated alkanes) is 12. The summed E-state index contributed by atoms with van der Waals surface area (Å²) in [6.45, 7) is 0.366. The SMILES string of the molecule is OCCCCCCCCCCCCCCCc1ccccc1. The maximum absolute atomic E-state index is 8.70. The van der Waals surface area contributed by atoms with E-state index in [1.165, 1.54) is 89.0 Å². The van der Waals surface area contributed by atoms with Crippen LogP contribution in [0.15, 0.2) is 30.3 Å². The van der Waals surface area contributed by atoms with Crippen LogP contribution in [0.1, 0.15) is 89.0 Å². The Morgan fingerprint density at radius 2 is 0.909 bits per heavy atom. The fourth-order valence-corrected chi connectivity index (χ4v) is 3.03. The quantitative estimate of drug-likeness (QED) is 0.377. The third-order valence-corrected chi connectivity index (χ3v) is 4.47. The van der Waals surface area contributed by atoms with Gasteiger partial charge in [-0.3, -0.25) is 0 Å². The molecular weight excluding hydrogens is 268 g/mol. The van der Waals surface area contributed by atoms with Crippen LogP contribution in [0.3, 0.4) is 0 Å². The molecule has 0 aliphatic rings. The van der Waals surface area contributed by atoms with Gasteiger partial charge in [0.1, 0.15) is 0 Å². The van der Waals surface area contributed by atoms with E-state index in [9.17, 15) is 0 Å². The average molecular weight is 305 g/mol. The maximum atomic E-state index is 8.70. The second-order valence-electron chi connectivity index (χ2n) is 6.56. The lowest BCUT2D eigenvalue weighted by molar-refractivity contribution is 0.282. The molecule has 0 radical (unpaired) electrons. The van der Waals surface area contributed by atoms with Crippen LogP contribution in [0.4, 0.5) is 0 Å². The van der Waals surface area contributed by atoms with Crippen molar-refractivity contribution in [1.82, 2.24) is 0 Å². The summed E-state index contributed by atoms with van der Waals surface area (Å²) in [4.78, 5) is 0. The van der Waals surface area contributed by atoms with Crippen LogP contribution in [0.5, 0.6) is 0 Å². The lowest BCUT2D eigenvalue weighted by atomic mass is 10.0. The third kappa shape index (κ3) is 11.8. The van der Waals surface area contributed by atoms with E-state index in [1.54, 1.807) is 0 Å². The fourth-order valence-electron chi connectivity index (χ4n) is 3.03. The molecule has 22 heavy (non-hydrogen) atoms. The van der Waals surface area contributed by atoms with Crippen molar-refractivity contribution >= 4 is 0 Å². The molecular formula is C21H36O. The van der Waals surface area contributed by atoms with E-state index in [-0.39, 0.29) is 0 Å². The van der Waals surface area contributed by atoms with Crippen molar-refractivity contribution in [3.05, 3.63) is 35.9 Å². The highest BCUT2D eigenvalue weighted by Gasteiger charge is 1.95. The molecule has 1 nitrogen and oxygen atoms in total. The molecule has 1 aromatic carbocycles. The molecule has 0 unspecified atom stereocenters. The van der Waals surface area contributed by atoms with E-state index in [0.29, 0.717) is 6.61 Å². The van der Waals surface area contributed by atoms with Gasteiger partial charge < -0.3 is 5.11 Å². The summed E-state index contributed by atoms with van der Waals surface area (Å²) >= 11 is 0. The molecule has 0 saturated heterocycles. The molecule has 0 amide bonds. The van der Waals surface area contributed by atoms with E-state index in [1.807, 2.05) is 0 Å². The lowest BCUT2D eigenvalue weighted by Crippen LogP contribution is -1.86. The van der Waals surface area contributed by atoms with Gasteiger partial charge in [-0.25, -0.2) is 0 Å². The third-order valence-electron chi connectivity index (χ3n) is 4.47. The predicted molar refractivity (Wildman–Crippen MR) is 97.3 cm³/mol. The van der Waals surface area contributed by atoms with Crippen molar-refractivity contribution in [1.29, 1.82) is 0 Å². The first-order valence-electron chi connectivity index (χ1n) is 9.58. The maximum Gasteiger partial charge on any atom is 0.0431 e. The summed E-state index contributed by atoms with van der Waals surface area (Å²) < 4.78 is 0. The second-order valence-corrected chi connectivity index (χ2v) is 6.56. The zero-order valence-electron chi connectivity index (χ0n) is 14.4. The zero-order chi connectivity index (χ0) is 15.7. The summed E-state index contributed by atoms with van der Waals surface area (Å²) in [5.74, 6) is 0. The van der Waals surface area contributed by atoms with Gasteiger partial charge in [0.05, 0.1) is 0 Å². The average Bonchev–Trinajstić information content (AvgIpc) is 2.56. The van der Waals surface area contributed by atoms with E-state index in [2.05, 4.69) is 30.3 Å². The first-order chi connectivity index (χ1) is 10.9. The predicted octanol–water partition coefficient (Wildman–Crippen LogP) is 6.29. The summed E-state index contributed by atoms with van der Waals surface area (Å²) in [6, 6.07) is 10.9. The van der Waals surface area contributed by atoms with E-state index >= 15 is 0 Å². The van der Waals surface area contributed by atoms with Crippen LogP contribution in [0.2, 0.25) is 0 Å². The lowest BCUT2D eigenvalue weighted by Gasteiger charge is -2.03. The first-order valence-corrected chi connectivity index (χ1v) is 9.58. The Labute approximate surface area is 138 Å². The van der Waals surface area contributed by atoms with E-state index in [4.69, 9.17) is 5.11 Å². The van der Waals surface area contributed by atoms with Crippen molar-refractivity contribution in [2.45, 2.75) is 89.9 Å². The number of benzene rings is 1. The number of aliphatic hydroxyl groups is 1. The van der Waals surface area contributed by atoms with Gasteiger partial charge in [0, 0.05) is 6.61 Å². The Kier molecular flexibility index (Phi) is 13.2. The number of rotatable bonds is 15. The van der Waals surface area contributed by atoms with Gasteiger partial charge in [0.25, 0.3) is 0 Å². The monoisotopic (exact) mass is 304 g/mol. The number of hydrogen-bond acceptors (Lipinski definition) is 1. The summed E-state index contributed by atoms with van der Waals surface area (Å²) in [7, 11) is 0. The van der Waals surface area contributed by atoms with E-state index in [0.717, 1.165) is 6.42 Å². The summed E-state index contributed by atoms with van der Waals surface area (Å²) in [6.07, 6.45) is 18.8. The Bertz CT molecular complexity index is 320. The summed E-state index contributed by atoms with van der Waals surface area (Å²) in [5.41, 5.74) is 1.49. The van der Waals surface area contributed by atoms with Crippen molar-refractivity contribution in [3.8, 4) is 0 Å². The smallest absolute Gasteiger partial charge is 0.0431 e. The topological polar surface area (TPSA) is 20.2 Å². The molecule has 1 aromatic rings.